The molecule has 1 atom stereocenters. The fourth-order valence-corrected chi connectivity index (χ4v) is 2.52. The van der Waals surface area contributed by atoms with Gasteiger partial charge >= 0.3 is 6.03 Å². The SMILES string of the molecule is CC(Sc1nnnn1C(C)(C)C)C(=O)NC(=O)NC1CC1. The van der Waals surface area contributed by atoms with Crippen molar-refractivity contribution in [2.75, 3.05) is 0 Å². The number of nitrogens with one attached hydrogen (secondary N) is 2. The molecule has 1 saturated carbocycles. The van der Waals surface area contributed by atoms with E-state index in [1.807, 2.05) is 20.8 Å². The Labute approximate surface area is 127 Å². The van der Waals surface area contributed by atoms with Gasteiger partial charge in [-0.1, -0.05) is 11.8 Å². The lowest BCUT2D eigenvalue weighted by atomic mass is 10.1. The molecule has 0 spiro atoms. The predicted octanol–water partition coefficient (Wildman–Crippen LogP) is 0.897. The summed E-state index contributed by atoms with van der Waals surface area (Å²) in [5.41, 5.74) is -0.272. The number of hydrogen-bond donors (Lipinski definition) is 2. The normalized spacial score (nSPS) is 16.4. The van der Waals surface area contributed by atoms with E-state index in [1.54, 1.807) is 11.6 Å². The highest BCUT2D eigenvalue weighted by Crippen LogP contribution is 2.25. The van der Waals surface area contributed by atoms with Gasteiger partial charge in [-0.3, -0.25) is 10.1 Å². The molecular formula is C12H20N6O2S. The van der Waals surface area contributed by atoms with Gasteiger partial charge in [0.15, 0.2) is 0 Å². The number of tetrazole rings is 1. The number of urea groups is 1. The summed E-state index contributed by atoms with van der Waals surface area (Å²) in [7, 11) is 0. The van der Waals surface area contributed by atoms with Crippen LogP contribution in [0.3, 0.4) is 0 Å². The van der Waals surface area contributed by atoms with Crippen molar-refractivity contribution >= 4 is 23.7 Å². The van der Waals surface area contributed by atoms with E-state index < -0.39 is 11.3 Å². The fraction of sp³-hybridized carbons (Fsp3) is 0.750. The van der Waals surface area contributed by atoms with E-state index in [0.717, 1.165) is 12.8 Å². The molecule has 0 bridgehead atoms. The molecule has 0 aromatic carbocycles. The molecule has 1 aromatic rings. The second-order valence-corrected chi connectivity index (χ2v) is 7.35. The lowest BCUT2D eigenvalue weighted by Gasteiger charge is -2.20. The molecule has 0 saturated heterocycles. The van der Waals surface area contributed by atoms with Gasteiger partial charge in [-0.2, -0.15) is 0 Å². The van der Waals surface area contributed by atoms with Crippen molar-refractivity contribution < 1.29 is 9.59 Å². The first-order valence-electron chi connectivity index (χ1n) is 6.84. The van der Waals surface area contributed by atoms with Gasteiger partial charge in [0.05, 0.1) is 10.8 Å². The molecule has 21 heavy (non-hydrogen) atoms. The lowest BCUT2D eigenvalue weighted by molar-refractivity contribution is -0.119. The van der Waals surface area contributed by atoms with Crippen LogP contribution in [0.5, 0.6) is 0 Å². The first-order valence-corrected chi connectivity index (χ1v) is 7.72. The van der Waals surface area contributed by atoms with Gasteiger partial charge in [0.2, 0.25) is 11.1 Å². The van der Waals surface area contributed by atoms with Crippen molar-refractivity contribution in [3.8, 4) is 0 Å². The molecule has 9 heteroatoms. The number of imide groups is 1. The molecular weight excluding hydrogens is 292 g/mol. The maximum atomic E-state index is 12.0. The second kappa shape index (κ2) is 6.00. The van der Waals surface area contributed by atoms with E-state index in [2.05, 4.69) is 26.2 Å². The largest absolute Gasteiger partial charge is 0.335 e. The van der Waals surface area contributed by atoms with Crippen LogP contribution in [0.1, 0.15) is 40.5 Å². The molecule has 1 heterocycles. The molecule has 1 aliphatic carbocycles. The fourth-order valence-electron chi connectivity index (χ4n) is 1.55. The van der Waals surface area contributed by atoms with Crippen molar-refractivity contribution in [2.24, 2.45) is 0 Å². The Morgan fingerprint density at radius 3 is 2.62 bits per heavy atom. The minimum absolute atomic E-state index is 0.217. The second-order valence-electron chi connectivity index (χ2n) is 6.04. The van der Waals surface area contributed by atoms with E-state index in [0.29, 0.717) is 5.16 Å². The van der Waals surface area contributed by atoms with E-state index >= 15 is 0 Å². The molecule has 1 aliphatic rings. The Balaban J connectivity index is 1.91. The van der Waals surface area contributed by atoms with E-state index in [9.17, 15) is 9.59 Å². The lowest BCUT2D eigenvalue weighted by Crippen LogP contribution is -2.43. The number of carbonyl (C=O) groups excluding carboxylic acids is 2. The number of carbonyl (C=O) groups is 2. The van der Waals surface area contributed by atoms with Crippen LogP contribution in [0, 0.1) is 0 Å². The van der Waals surface area contributed by atoms with Crippen LogP contribution in [0.25, 0.3) is 0 Å². The van der Waals surface area contributed by atoms with Crippen LogP contribution in [0.4, 0.5) is 4.79 Å². The molecule has 2 N–H and O–H groups in total. The highest BCUT2D eigenvalue weighted by atomic mass is 32.2. The Hall–Kier alpha value is -1.64. The van der Waals surface area contributed by atoms with E-state index in [-0.39, 0.29) is 17.5 Å². The molecule has 0 radical (unpaired) electrons. The van der Waals surface area contributed by atoms with Crippen molar-refractivity contribution in [1.82, 2.24) is 30.8 Å². The third-order valence-corrected chi connectivity index (χ3v) is 3.91. The van der Waals surface area contributed by atoms with Crippen LogP contribution in [0.2, 0.25) is 0 Å². The van der Waals surface area contributed by atoms with Gasteiger partial charge in [-0.05, 0) is 51.0 Å². The number of nitrogens with zero attached hydrogens (tertiary/aromatic N) is 4. The Kier molecular flexibility index (Phi) is 4.50. The summed E-state index contributed by atoms with van der Waals surface area (Å²) in [6.07, 6.45) is 1.96. The van der Waals surface area contributed by atoms with Crippen molar-refractivity contribution in [3.63, 3.8) is 0 Å². The number of thioether (sulfide) groups is 1. The Morgan fingerprint density at radius 1 is 1.38 bits per heavy atom. The summed E-state index contributed by atoms with van der Waals surface area (Å²) in [6.45, 7) is 7.63. The highest BCUT2D eigenvalue weighted by molar-refractivity contribution is 8.00. The summed E-state index contributed by atoms with van der Waals surface area (Å²) in [5.74, 6) is -0.360. The molecule has 1 unspecified atom stereocenters. The van der Waals surface area contributed by atoms with Crippen LogP contribution < -0.4 is 10.6 Å². The van der Waals surface area contributed by atoms with Crippen molar-refractivity contribution in [1.29, 1.82) is 0 Å². The molecule has 2 rings (SSSR count). The summed E-state index contributed by atoms with van der Waals surface area (Å²) >= 11 is 1.22. The van der Waals surface area contributed by atoms with Crippen LogP contribution in [-0.2, 0) is 10.3 Å². The highest BCUT2D eigenvalue weighted by Gasteiger charge is 2.27. The van der Waals surface area contributed by atoms with Gasteiger partial charge in [-0.15, -0.1) is 5.10 Å². The third kappa shape index (κ3) is 4.42. The van der Waals surface area contributed by atoms with E-state index in [4.69, 9.17) is 0 Å². The monoisotopic (exact) mass is 312 g/mol. The Morgan fingerprint density at radius 2 is 2.05 bits per heavy atom. The maximum absolute atomic E-state index is 12.0. The number of hydrogen-bond acceptors (Lipinski definition) is 6. The molecule has 1 aromatic heterocycles. The Bertz CT molecular complexity index is 534. The van der Waals surface area contributed by atoms with E-state index in [1.165, 1.54) is 11.8 Å². The molecule has 1 fully saturated rings. The van der Waals surface area contributed by atoms with Gasteiger partial charge in [0.1, 0.15) is 0 Å². The zero-order chi connectivity index (χ0) is 15.6. The van der Waals surface area contributed by atoms with Crippen molar-refractivity contribution in [3.05, 3.63) is 0 Å². The quantitative estimate of drug-likeness (QED) is 0.801. The summed E-state index contributed by atoms with van der Waals surface area (Å²) in [6, 6.07) is -0.223. The first-order chi connectivity index (χ1) is 9.77. The summed E-state index contributed by atoms with van der Waals surface area (Å²) < 4.78 is 1.66. The molecule has 8 nitrogen and oxygen atoms in total. The minimum atomic E-state index is -0.470. The van der Waals surface area contributed by atoms with Crippen molar-refractivity contribution in [2.45, 2.75) is 62.5 Å². The zero-order valence-electron chi connectivity index (χ0n) is 12.6. The molecule has 0 aliphatic heterocycles. The van der Waals surface area contributed by atoms with Crippen LogP contribution in [0.15, 0.2) is 5.16 Å². The average Bonchev–Trinajstić information content (AvgIpc) is 3.03. The van der Waals surface area contributed by atoms with Crippen LogP contribution >= 0.6 is 11.8 Å². The smallest absolute Gasteiger partial charge is 0.321 e. The standard InChI is InChI=1S/C12H20N6O2S/c1-7(9(19)14-10(20)13-8-5-6-8)21-11-15-16-17-18(11)12(2,3)4/h7-8H,5-6H2,1-4H3,(H2,13,14,19,20). The summed E-state index contributed by atoms with van der Waals surface area (Å²) in [5, 5.41) is 16.6. The third-order valence-electron chi connectivity index (χ3n) is 2.88. The average molecular weight is 312 g/mol. The van der Waals surface area contributed by atoms with Gasteiger partial charge in [0, 0.05) is 6.04 Å². The first kappa shape index (κ1) is 15.7. The van der Waals surface area contributed by atoms with Gasteiger partial charge < -0.3 is 5.32 Å². The minimum Gasteiger partial charge on any atom is -0.335 e. The number of amides is 3. The zero-order valence-corrected chi connectivity index (χ0v) is 13.4. The maximum Gasteiger partial charge on any atom is 0.321 e. The van der Waals surface area contributed by atoms with Gasteiger partial charge in [-0.25, -0.2) is 9.48 Å². The van der Waals surface area contributed by atoms with Crippen LogP contribution in [-0.4, -0.2) is 43.4 Å². The number of rotatable bonds is 4. The molecule has 116 valence electrons. The topological polar surface area (TPSA) is 102 Å². The summed E-state index contributed by atoms with van der Waals surface area (Å²) in [4.78, 5) is 23.5. The predicted molar refractivity (Wildman–Crippen MR) is 77.8 cm³/mol. The molecule has 3 amide bonds. The van der Waals surface area contributed by atoms with Gasteiger partial charge in [0.25, 0.3) is 0 Å². The number of aromatic nitrogens is 4.